The molecule has 8 aromatic carbocycles. The molecule has 0 saturated carbocycles. The number of aromatic nitrogens is 2. The van der Waals surface area contributed by atoms with Gasteiger partial charge in [-0.05, 0) is 119 Å². The molecule has 0 N–H and O–H groups in total. The summed E-state index contributed by atoms with van der Waals surface area (Å²) < 4.78 is 15.7. The molecule has 0 saturated heterocycles. The van der Waals surface area contributed by atoms with Gasteiger partial charge in [0.15, 0.2) is 5.58 Å². The fraction of sp³-hybridized carbons (Fsp3) is 0.113. The van der Waals surface area contributed by atoms with Gasteiger partial charge in [0.1, 0.15) is 35.1 Å². The third-order valence-electron chi connectivity index (χ3n) is 13.6. The lowest BCUT2D eigenvalue weighted by Gasteiger charge is -2.31. The van der Waals surface area contributed by atoms with E-state index in [2.05, 4.69) is 219 Å². The van der Waals surface area contributed by atoms with Crippen LogP contribution in [0.15, 0.2) is 205 Å². The van der Waals surface area contributed by atoms with Crippen molar-refractivity contribution >= 4 is 55.7 Å². The molecule has 4 heterocycles. The molecule has 0 amide bonds. The quantitative estimate of drug-likeness (QED) is 0.152. The van der Waals surface area contributed by atoms with E-state index in [0.29, 0.717) is 6.67 Å². The molecule has 6 nitrogen and oxygen atoms in total. The Balaban J connectivity index is 0.972. The number of rotatable bonds is 8. The van der Waals surface area contributed by atoms with Crippen molar-refractivity contribution in [2.24, 2.45) is 0 Å². The number of nitrogens with zero attached hydrogens (tertiary/aromatic N) is 4. The van der Waals surface area contributed by atoms with Crippen LogP contribution in [0.1, 0.15) is 37.5 Å². The molecule has 0 aliphatic carbocycles. The Labute approximate surface area is 396 Å². The molecule has 6 heteroatoms. The second kappa shape index (κ2) is 16.2. The molecule has 0 bridgehead atoms. The molecule has 0 atom stereocenters. The molecular weight excluding hydrogens is 833 g/mol. The van der Waals surface area contributed by atoms with Gasteiger partial charge in [-0.2, -0.15) is 0 Å². The number of fused-ring (bicyclic) bond motifs is 6. The summed E-state index contributed by atoms with van der Waals surface area (Å²) in [5.74, 6) is 2.30. The first-order chi connectivity index (χ1) is 33.2. The lowest BCUT2D eigenvalue weighted by Crippen LogP contribution is -2.25. The van der Waals surface area contributed by atoms with Crippen molar-refractivity contribution in [1.82, 2.24) is 9.55 Å². The summed E-state index contributed by atoms with van der Waals surface area (Å²) in [6.07, 6.45) is 1.91. The summed E-state index contributed by atoms with van der Waals surface area (Å²) in [5, 5.41) is 2.04. The first-order valence-corrected chi connectivity index (χ1v) is 23.4. The van der Waals surface area contributed by atoms with Gasteiger partial charge in [0, 0.05) is 45.9 Å². The van der Waals surface area contributed by atoms with Crippen molar-refractivity contribution in [3.05, 3.63) is 217 Å². The predicted molar refractivity (Wildman–Crippen MR) is 281 cm³/mol. The van der Waals surface area contributed by atoms with Crippen LogP contribution in [0.5, 0.6) is 11.5 Å². The molecule has 11 aromatic rings. The Morgan fingerprint density at radius 3 is 1.78 bits per heavy atom. The maximum absolute atomic E-state index is 6.85. The molecule has 0 radical (unpaired) electrons. The van der Waals surface area contributed by atoms with E-state index in [0.717, 1.165) is 67.4 Å². The van der Waals surface area contributed by atoms with Crippen LogP contribution in [-0.4, -0.2) is 16.2 Å². The van der Waals surface area contributed by atoms with Gasteiger partial charge in [-0.25, -0.2) is 4.98 Å². The van der Waals surface area contributed by atoms with Gasteiger partial charge in [-0.1, -0.05) is 142 Å². The second-order valence-corrected chi connectivity index (χ2v) is 18.9. The van der Waals surface area contributed by atoms with E-state index < -0.39 is 0 Å². The fourth-order valence-corrected chi connectivity index (χ4v) is 10.5. The zero-order valence-corrected chi connectivity index (χ0v) is 38.9. The van der Waals surface area contributed by atoms with Crippen LogP contribution in [0.4, 0.5) is 22.7 Å². The van der Waals surface area contributed by atoms with Crippen LogP contribution in [0, 0.1) is 13.8 Å². The Bertz CT molecular complexity index is 3630. The van der Waals surface area contributed by atoms with Crippen LogP contribution >= 0.6 is 0 Å². The standard InChI is InChI=1S/C62H50N4O2/c1-40-56(42-20-9-6-10-21-42)41(2)58(44-24-13-8-14-25-44)60(57(40)43-22-11-7-12-23-43)65-39-64(51-29-16-17-30-52(51)65)46-26-19-27-47(37-46)67-48-32-33-49-53(38-48)66(55-36-45(34-35-63-55)62(3,4)5)59-50-28-15-18-31-54(50)68-61(49)59/h6-38H,39H2,1-5H3. The Morgan fingerprint density at radius 2 is 1.12 bits per heavy atom. The molecule has 330 valence electrons. The van der Waals surface area contributed by atoms with Gasteiger partial charge < -0.3 is 19.0 Å². The normalized spacial score (nSPS) is 12.7. The second-order valence-electron chi connectivity index (χ2n) is 18.9. The van der Waals surface area contributed by atoms with Gasteiger partial charge in [0.05, 0.1) is 22.6 Å². The van der Waals surface area contributed by atoms with Crippen LogP contribution in [0.2, 0.25) is 0 Å². The van der Waals surface area contributed by atoms with E-state index >= 15 is 0 Å². The fourth-order valence-electron chi connectivity index (χ4n) is 10.5. The minimum absolute atomic E-state index is 0.0519. The van der Waals surface area contributed by atoms with Gasteiger partial charge in [0.25, 0.3) is 0 Å². The molecule has 1 aliphatic heterocycles. The monoisotopic (exact) mass is 882 g/mol. The van der Waals surface area contributed by atoms with E-state index in [1.54, 1.807) is 0 Å². The Kier molecular flexibility index (Phi) is 9.80. The number of ether oxygens (including phenoxy) is 1. The van der Waals surface area contributed by atoms with E-state index in [1.165, 1.54) is 55.8 Å². The van der Waals surface area contributed by atoms with Crippen LogP contribution in [0.3, 0.4) is 0 Å². The molecule has 12 rings (SSSR count). The molecule has 68 heavy (non-hydrogen) atoms. The highest BCUT2D eigenvalue weighted by atomic mass is 16.5. The zero-order chi connectivity index (χ0) is 46.1. The van der Waals surface area contributed by atoms with Crippen molar-refractivity contribution in [2.75, 3.05) is 16.5 Å². The number of para-hydroxylation sites is 3. The van der Waals surface area contributed by atoms with Crippen LogP contribution < -0.4 is 14.5 Å². The van der Waals surface area contributed by atoms with E-state index in [1.807, 2.05) is 30.5 Å². The first-order valence-electron chi connectivity index (χ1n) is 23.4. The summed E-state index contributed by atoms with van der Waals surface area (Å²) in [6, 6.07) is 68.7. The van der Waals surface area contributed by atoms with Crippen molar-refractivity contribution in [3.8, 4) is 50.7 Å². The molecule has 0 spiro atoms. The summed E-state index contributed by atoms with van der Waals surface area (Å²) >= 11 is 0. The minimum atomic E-state index is -0.0519. The zero-order valence-electron chi connectivity index (χ0n) is 38.9. The van der Waals surface area contributed by atoms with Crippen LogP contribution in [0.25, 0.3) is 72.2 Å². The minimum Gasteiger partial charge on any atom is -0.457 e. The molecule has 0 fully saturated rings. The first kappa shape index (κ1) is 41.1. The largest absolute Gasteiger partial charge is 0.457 e. The average molecular weight is 883 g/mol. The number of hydrogen-bond donors (Lipinski definition) is 0. The smallest absolute Gasteiger partial charge is 0.161 e. The maximum atomic E-state index is 6.85. The number of anilines is 4. The third kappa shape index (κ3) is 6.82. The van der Waals surface area contributed by atoms with Crippen molar-refractivity contribution in [3.63, 3.8) is 0 Å². The maximum Gasteiger partial charge on any atom is 0.161 e. The van der Waals surface area contributed by atoms with Crippen molar-refractivity contribution in [1.29, 1.82) is 0 Å². The number of hydrogen-bond acceptors (Lipinski definition) is 5. The van der Waals surface area contributed by atoms with E-state index in [9.17, 15) is 0 Å². The highest BCUT2D eigenvalue weighted by molar-refractivity contribution is 6.16. The molecule has 0 unspecified atom stereocenters. The van der Waals surface area contributed by atoms with Crippen molar-refractivity contribution < 1.29 is 9.15 Å². The molecule has 1 aliphatic rings. The Hall–Kier alpha value is -8.35. The van der Waals surface area contributed by atoms with E-state index in [-0.39, 0.29) is 5.41 Å². The van der Waals surface area contributed by atoms with E-state index in [4.69, 9.17) is 14.1 Å². The summed E-state index contributed by atoms with van der Waals surface area (Å²) in [6.45, 7) is 11.9. The van der Waals surface area contributed by atoms with Gasteiger partial charge in [0.2, 0.25) is 0 Å². The number of benzene rings is 8. The van der Waals surface area contributed by atoms with Gasteiger partial charge in [-0.15, -0.1) is 0 Å². The summed E-state index contributed by atoms with van der Waals surface area (Å²) in [7, 11) is 0. The predicted octanol–water partition coefficient (Wildman–Crippen LogP) is 16.9. The lowest BCUT2D eigenvalue weighted by atomic mass is 9.82. The summed E-state index contributed by atoms with van der Waals surface area (Å²) in [4.78, 5) is 9.87. The summed E-state index contributed by atoms with van der Waals surface area (Å²) in [5.41, 5.74) is 19.1. The van der Waals surface area contributed by atoms with Crippen molar-refractivity contribution in [2.45, 2.75) is 40.0 Å². The van der Waals surface area contributed by atoms with Gasteiger partial charge in [-0.3, -0.25) is 4.57 Å². The highest BCUT2D eigenvalue weighted by Crippen LogP contribution is 2.54. The third-order valence-corrected chi connectivity index (χ3v) is 13.6. The molecule has 3 aromatic heterocycles. The SMILES string of the molecule is Cc1c(-c2ccccc2)c(C)c(-c2ccccc2)c(N2CN(c3cccc(Oc4ccc5c6oc7ccccc7c6n(-c6cc(C(C)(C)C)ccn6)c5c4)c3)c3ccccc32)c1-c1ccccc1. The lowest BCUT2D eigenvalue weighted by molar-refractivity contribution is 0.483. The highest BCUT2D eigenvalue weighted by Gasteiger charge is 2.34. The topological polar surface area (TPSA) is 46.7 Å². The average Bonchev–Trinajstić information content (AvgIpc) is 4.04. The van der Waals surface area contributed by atoms with Crippen LogP contribution in [-0.2, 0) is 5.41 Å². The Morgan fingerprint density at radius 1 is 0.529 bits per heavy atom. The number of furan rings is 1. The molecular formula is C62H50N4O2. The number of pyridine rings is 1. The van der Waals surface area contributed by atoms with Gasteiger partial charge >= 0.3 is 0 Å².